The lowest BCUT2D eigenvalue weighted by molar-refractivity contribution is 0.1000. The third kappa shape index (κ3) is 2.30. The summed E-state index contributed by atoms with van der Waals surface area (Å²) < 4.78 is 7.12. The molecule has 0 saturated carbocycles. The highest BCUT2D eigenvalue weighted by atomic mass is 16.5. The first-order valence-electron chi connectivity index (χ1n) is 7.65. The maximum absolute atomic E-state index is 11.6. The van der Waals surface area contributed by atoms with Crippen LogP contribution >= 0.6 is 0 Å². The molecule has 8 nitrogen and oxygen atoms in total. The van der Waals surface area contributed by atoms with Crippen molar-refractivity contribution in [3.8, 4) is 17.3 Å². The second kappa shape index (κ2) is 5.30. The van der Waals surface area contributed by atoms with E-state index in [9.17, 15) is 4.79 Å². The maximum Gasteiger partial charge on any atom is 0.248 e. The summed E-state index contributed by atoms with van der Waals surface area (Å²) in [5.41, 5.74) is 8.90. The number of aromatic amines is 1. The Kier molecular flexibility index (Phi) is 3.21. The number of hydrogen-bond acceptors (Lipinski definition) is 5. The molecule has 0 spiro atoms. The zero-order valence-electron chi connectivity index (χ0n) is 14.0. The third-order valence-corrected chi connectivity index (χ3v) is 4.16. The number of benzene rings is 1. The van der Waals surface area contributed by atoms with Gasteiger partial charge >= 0.3 is 0 Å². The first-order chi connectivity index (χ1) is 12.0. The van der Waals surface area contributed by atoms with Gasteiger partial charge in [0.05, 0.1) is 18.3 Å². The molecule has 0 unspecified atom stereocenters. The first kappa shape index (κ1) is 15.1. The van der Waals surface area contributed by atoms with Gasteiger partial charge in [-0.3, -0.25) is 9.48 Å². The molecular formula is C17H16N6O2. The van der Waals surface area contributed by atoms with Gasteiger partial charge in [-0.2, -0.15) is 5.10 Å². The number of hydrogen-bond donors (Lipinski definition) is 2. The normalized spacial score (nSPS) is 11.3. The van der Waals surface area contributed by atoms with Gasteiger partial charge in [-0.05, 0) is 25.1 Å². The van der Waals surface area contributed by atoms with Crippen molar-refractivity contribution < 1.29 is 9.53 Å². The molecule has 8 heteroatoms. The first-order valence-corrected chi connectivity index (χ1v) is 7.65. The van der Waals surface area contributed by atoms with E-state index < -0.39 is 5.91 Å². The van der Waals surface area contributed by atoms with Crippen LogP contribution in [0.15, 0.2) is 24.4 Å². The van der Waals surface area contributed by atoms with Gasteiger partial charge in [-0.15, -0.1) is 0 Å². The van der Waals surface area contributed by atoms with E-state index >= 15 is 0 Å². The summed E-state index contributed by atoms with van der Waals surface area (Å²) in [5, 5.41) is 5.90. The largest absolute Gasteiger partial charge is 0.495 e. The maximum atomic E-state index is 11.6. The van der Waals surface area contributed by atoms with Crippen molar-refractivity contribution in [3.05, 3.63) is 35.7 Å². The van der Waals surface area contributed by atoms with E-state index in [0.717, 1.165) is 27.7 Å². The number of rotatable bonds is 3. The van der Waals surface area contributed by atoms with Crippen LogP contribution in [0.3, 0.4) is 0 Å². The van der Waals surface area contributed by atoms with Crippen molar-refractivity contribution in [1.29, 1.82) is 0 Å². The number of fused-ring (bicyclic) bond motifs is 3. The van der Waals surface area contributed by atoms with Crippen LogP contribution < -0.4 is 10.5 Å². The average molecular weight is 336 g/mol. The van der Waals surface area contributed by atoms with Gasteiger partial charge < -0.3 is 15.5 Å². The van der Waals surface area contributed by atoms with Crippen molar-refractivity contribution in [2.24, 2.45) is 12.8 Å². The second-order valence-corrected chi connectivity index (χ2v) is 5.84. The Morgan fingerprint density at radius 1 is 1.28 bits per heavy atom. The summed E-state index contributed by atoms with van der Waals surface area (Å²) in [6.45, 7) is 1.92. The number of amides is 1. The highest BCUT2D eigenvalue weighted by molar-refractivity contribution is 6.11. The predicted octanol–water partition coefficient (Wildman–Crippen LogP) is 1.93. The van der Waals surface area contributed by atoms with Crippen LogP contribution in [-0.2, 0) is 7.05 Å². The predicted molar refractivity (Wildman–Crippen MR) is 93.4 cm³/mol. The number of carbonyl (C=O) groups excluding carboxylic acids is 1. The molecule has 3 heterocycles. The van der Waals surface area contributed by atoms with Crippen LogP contribution in [0, 0.1) is 6.92 Å². The molecule has 3 N–H and O–H groups in total. The number of nitrogens with zero attached hydrogens (tertiary/aromatic N) is 4. The van der Waals surface area contributed by atoms with Crippen LogP contribution in [0.1, 0.15) is 16.1 Å². The lowest BCUT2D eigenvalue weighted by Gasteiger charge is -2.04. The minimum Gasteiger partial charge on any atom is -0.495 e. The van der Waals surface area contributed by atoms with Crippen LogP contribution in [0.4, 0.5) is 0 Å². The van der Waals surface area contributed by atoms with Crippen molar-refractivity contribution in [2.75, 3.05) is 7.11 Å². The number of methoxy groups -OCH3 is 1. The zero-order chi connectivity index (χ0) is 17.7. The molecule has 4 rings (SSSR count). The van der Waals surface area contributed by atoms with Crippen LogP contribution in [0.25, 0.3) is 33.5 Å². The van der Waals surface area contributed by atoms with Crippen molar-refractivity contribution in [1.82, 2.24) is 24.7 Å². The number of carbonyl (C=O) groups is 1. The number of ether oxygens (including phenoxy) is 1. The molecular weight excluding hydrogens is 320 g/mol. The molecule has 0 saturated heterocycles. The van der Waals surface area contributed by atoms with Gasteiger partial charge in [0.15, 0.2) is 5.82 Å². The van der Waals surface area contributed by atoms with Crippen molar-refractivity contribution in [3.63, 3.8) is 0 Å². The molecule has 0 radical (unpaired) electrons. The summed E-state index contributed by atoms with van der Waals surface area (Å²) in [5.74, 6) is 0.580. The van der Waals surface area contributed by atoms with Crippen LogP contribution in [-0.4, -0.2) is 37.7 Å². The fourth-order valence-electron chi connectivity index (χ4n) is 3.00. The number of aromatic nitrogens is 5. The van der Waals surface area contributed by atoms with E-state index in [4.69, 9.17) is 10.5 Å². The van der Waals surface area contributed by atoms with Crippen LogP contribution in [0.5, 0.6) is 5.75 Å². The fraction of sp³-hybridized carbons (Fsp3) is 0.176. The summed E-state index contributed by atoms with van der Waals surface area (Å²) in [6.07, 6.45) is 1.73. The number of primary amides is 1. The molecule has 1 amide bonds. The summed E-state index contributed by atoms with van der Waals surface area (Å²) in [6, 6.07) is 5.25. The highest BCUT2D eigenvalue weighted by Crippen LogP contribution is 2.32. The number of aryl methyl sites for hydroxylation is 2. The Balaban J connectivity index is 1.99. The minimum absolute atomic E-state index is 0.372. The molecule has 126 valence electrons. The summed E-state index contributed by atoms with van der Waals surface area (Å²) >= 11 is 0. The Labute approximate surface area is 142 Å². The minimum atomic E-state index is -0.516. The molecule has 0 aliphatic carbocycles. The van der Waals surface area contributed by atoms with Crippen LogP contribution in [0.2, 0.25) is 0 Å². The van der Waals surface area contributed by atoms with E-state index in [2.05, 4.69) is 20.1 Å². The van der Waals surface area contributed by atoms with E-state index in [1.165, 1.54) is 0 Å². The Morgan fingerprint density at radius 3 is 2.72 bits per heavy atom. The van der Waals surface area contributed by atoms with Gasteiger partial charge in [0.25, 0.3) is 0 Å². The lowest BCUT2D eigenvalue weighted by Crippen LogP contribution is -2.10. The topological polar surface area (TPSA) is 112 Å². The van der Waals surface area contributed by atoms with Gasteiger partial charge in [-0.25, -0.2) is 9.97 Å². The smallest absolute Gasteiger partial charge is 0.248 e. The number of nitrogens with one attached hydrogen (secondary N) is 1. The van der Waals surface area contributed by atoms with Crippen molar-refractivity contribution in [2.45, 2.75) is 6.92 Å². The van der Waals surface area contributed by atoms with Gasteiger partial charge in [0.2, 0.25) is 5.91 Å². The van der Waals surface area contributed by atoms with E-state index in [-0.39, 0.29) is 0 Å². The van der Waals surface area contributed by atoms with E-state index in [1.807, 2.05) is 20.0 Å². The molecule has 0 atom stereocenters. The SMILES string of the molecule is COc1cc(C(N)=O)cc2c1[nH]c1nc(-c3cc(C)nn3C)ncc12. The molecule has 0 fully saturated rings. The number of H-pyrrole nitrogens is 1. The average Bonchev–Trinajstić information content (AvgIpc) is 3.12. The van der Waals surface area contributed by atoms with Gasteiger partial charge in [-0.1, -0.05) is 0 Å². The van der Waals surface area contributed by atoms with Crippen molar-refractivity contribution >= 4 is 27.8 Å². The molecule has 0 aliphatic heterocycles. The Morgan fingerprint density at radius 2 is 2.08 bits per heavy atom. The van der Waals surface area contributed by atoms with Gasteiger partial charge in [0, 0.05) is 29.6 Å². The molecule has 4 aromatic rings. The molecule has 0 bridgehead atoms. The Bertz CT molecular complexity index is 1140. The summed E-state index contributed by atoms with van der Waals surface area (Å²) in [7, 11) is 3.39. The Hall–Kier alpha value is -3.42. The molecule has 0 aliphatic rings. The fourth-order valence-corrected chi connectivity index (χ4v) is 3.00. The second-order valence-electron chi connectivity index (χ2n) is 5.84. The summed E-state index contributed by atoms with van der Waals surface area (Å²) in [4.78, 5) is 23.9. The lowest BCUT2D eigenvalue weighted by atomic mass is 10.1. The molecule has 3 aromatic heterocycles. The molecule has 1 aromatic carbocycles. The van der Waals surface area contributed by atoms with E-state index in [0.29, 0.717) is 22.8 Å². The number of nitrogens with two attached hydrogens (primary N) is 1. The quantitative estimate of drug-likeness (QED) is 0.594. The standard InChI is InChI=1S/C17H16N6O2/c1-8-4-12(23(2)22-8)17-19-7-11-10-5-9(15(18)24)6-13(25-3)14(10)20-16(11)21-17/h4-7H,1-3H3,(H2,18,24)(H,19,20,21). The zero-order valence-corrected chi connectivity index (χ0v) is 14.0. The highest BCUT2D eigenvalue weighted by Gasteiger charge is 2.16. The van der Waals surface area contributed by atoms with Gasteiger partial charge in [0.1, 0.15) is 17.1 Å². The van der Waals surface area contributed by atoms with E-state index in [1.54, 1.807) is 30.1 Å². The third-order valence-electron chi connectivity index (χ3n) is 4.16. The monoisotopic (exact) mass is 336 g/mol. The molecule has 25 heavy (non-hydrogen) atoms.